The summed E-state index contributed by atoms with van der Waals surface area (Å²) in [4.78, 5) is 16.9. The van der Waals surface area contributed by atoms with Crippen molar-refractivity contribution in [3.05, 3.63) is 52.0 Å². The summed E-state index contributed by atoms with van der Waals surface area (Å²) in [6.45, 7) is 4.20. The first kappa shape index (κ1) is 26.6. The summed E-state index contributed by atoms with van der Waals surface area (Å²) < 4.78 is 74.9. The number of ether oxygens (including phenoxy) is 2. The Morgan fingerprint density at radius 2 is 1.78 bits per heavy atom. The molecule has 36 heavy (non-hydrogen) atoms. The molecule has 1 atom stereocenters. The molecule has 1 unspecified atom stereocenters. The second-order valence-corrected chi connectivity index (χ2v) is 11.2. The normalized spacial score (nSPS) is 17.2. The van der Waals surface area contributed by atoms with Crippen molar-refractivity contribution in [1.29, 1.82) is 0 Å². The zero-order chi connectivity index (χ0) is 26.3. The minimum Gasteiger partial charge on any atom is -0.480 e. The van der Waals surface area contributed by atoms with Crippen LogP contribution in [0.15, 0.2) is 35.2 Å². The SMILES string of the molecule is CCC(Oc1ccc(S(C)(=O)=O)cc1C(=O)N1Cc2cc(Cl)c(N3CCOCC3)cc2C1)C(F)(F)F. The van der Waals surface area contributed by atoms with E-state index in [2.05, 4.69) is 4.90 Å². The van der Waals surface area contributed by atoms with Crippen molar-refractivity contribution in [2.75, 3.05) is 37.5 Å². The van der Waals surface area contributed by atoms with E-state index in [1.165, 1.54) is 11.8 Å². The van der Waals surface area contributed by atoms with Crippen molar-refractivity contribution in [1.82, 2.24) is 4.90 Å². The van der Waals surface area contributed by atoms with Crippen LogP contribution in [0.4, 0.5) is 18.9 Å². The van der Waals surface area contributed by atoms with Gasteiger partial charge in [-0.2, -0.15) is 13.2 Å². The molecule has 2 aromatic carbocycles. The number of carbonyl (C=O) groups is 1. The van der Waals surface area contributed by atoms with Crippen molar-refractivity contribution in [3.8, 4) is 5.75 Å². The van der Waals surface area contributed by atoms with Crippen LogP contribution in [0.25, 0.3) is 0 Å². The van der Waals surface area contributed by atoms with E-state index >= 15 is 0 Å². The number of carbonyl (C=O) groups excluding carboxylic acids is 1. The molecule has 0 bridgehead atoms. The number of nitrogens with zero attached hydrogens (tertiary/aromatic N) is 2. The summed E-state index contributed by atoms with van der Waals surface area (Å²) in [6, 6.07) is 7.02. The first-order valence-electron chi connectivity index (χ1n) is 11.4. The van der Waals surface area contributed by atoms with Crippen molar-refractivity contribution < 1.29 is 35.9 Å². The lowest BCUT2D eigenvalue weighted by Crippen LogP contribution is -2.36. The molecule has 1 amide bonds. The van der Waals surface area contributed by atoms with Crippen molar-refractivity contribution in [3.63, 3.8) is 0 Å². The molecule has 7 nitrogen and oxygen atoms in total. The standard InChI is InChI=1S/C24H26ClF3N2O5S/c1-3-22(24(26,27)28)35-21-5-4-17(36(2,32)33)12-18(21)23(31)30-13-15-10-19(25)20(11-16(15)14-30)29-6-8-34-9-7-29/h4-5,10-12,22H,3,6-9,13-14H2,1-2H3. The minimum atomic E-state index is -4.65. The third-order valence-electron chi connectivity index (χ3n) is 6.25. The molecule has 0 N–H and O–H groups in total. The largest absolute Gasteiger partial charge is 0.480 e. The second-order valence-electron chi connectivity index (χ2n) is 8.82. The van der Waals surface area contributed by atoms with Gasteiger partial charge in [-0.3, -0.25) is 4.79 Å². The molecular weight excluding hydrogens is 521 g/mol. The van der Waals surface area contributed by atoms with Crippen LogP contribution < -0.4 is 9.64 Å². The third-order valence-corrected chi connectivity index (χ3v) is 7.66. The molecule has 2 heterocycles. The Morgan fingerprint density at radius 1 is 1.14 bits per heavy atom. The summed E-state index contributed by atoms with van der Waals surface area (Å²) >= 11 is 6.52. The van der Waals surface area contributed by atoms with Gasteiger partial charge < -0.3 is 19.3 Å². The van der Waals surface area contributed by atoms with E-state index in [0.29, 0.717) is 31.3 Å². The number of rotatable bonds is 6. The number of anilines is 1. The fraction of sp³-hybridized carbons (Fsp3) is 0.458. The van der Waals surface area contributed by atoms with Gasteiger partial charge in [0, 0.05) is 32.4 Å². The Labute approximate surface area is 212 Å². The van der Waals surface area contributed by atoms with Gasteiger partial charge in [-0.1, -0.05) is 18.5 Å². The van der Waals surface area contributed by atoms with Crippen LogP contribution >= 0.6 is 11.6 Å². The van der Waals surface area contributed by atoms with E-state index in [0.717, 1.165) is 41.3 Å². The maximum absolute atomic E-state index is 13.5. The fourth-order valence-corrected chi connectivity index (χ4v) is 5.27. The van der Waals surface area contributed by atoms with E-state index in [9.17, 15) is 26.4 Å². The highest BCUT2D eigenvalue weighted by Gasteiger charge is 2.41. The van der Waals surface area contributed by atoms with Crippen LogP contribution in [0.2, 0.25) is 5.02 Å². The second kappa shape index (κ2) is 10.1. The molecular formula is C24H26ClF3N2O5S. The molecule has 0 spiro atoms. The number of halogens is 4. The summed E-state index contributed by atoms with van der Waals surface area (Å²) in [5, 5.41) is 0.531. The maximum atomic E-state index is 13.5. The van der Waals surface area contributed by atoms with E-state index in [1.54, 1.807) is 6.07 Å². The van der Waals surface area contributed by atoms with Gasteiger partial charge in [-0.25, -0.2) is 8.42 Å². The molecule has 1 saturated heterocycles. The number of amides is 1. The van der Waals surface area contributed by atoms with Crippen molar-refractivity contribution >= 4 is 33.0 Å². The van der Waals surface area contributed by atoms with Crippen LogP contribution in [0.3, 0.4) is 0 Å². The van der Waals surface area contributed by atoms with Crippen LogP contribution in [0, 0.1) is 0 Å². The molecule has 12 heteroatoms. The Morgan fingerprint density at radius 3 is 2.36 bits per heavy atom. The van der Waals surface area contributed by atoms with E-state index < -0.39 is 28.0 Å². The number of sulfone groups is 1. The molecule has 0 saturated carbocycles. The predicted molar refractivity (Wildman–Crippen MR) is 128 cm³/mol. The summed E-state index contributed by atoms with van der Waals surface area (Å²) in [5.74, 6) is -0.952. The maximum Gasteiger partial charge on any atom is 0.425 e. The minimum absolute atomic E-state index is 0.177. The Bertz CT molecular complexity index is 1260. The molecule has 0 radical (unpaired) electrons. The van der Waals surface area contributed by atoms with Gasteiger partial charge in [0.05, 0.1) is 34.4 Å². The number of morpholine rings is 1. The molecule has 0 aromatic heterocycles. The summed E-state index contributed by atoms with van der Waals surface area (Å²) in [6.07, 6.45) is -6.20. The third kappa shape index (κ3) is 5.57. The van der Waals surface area contributed by atoms with E-state index in [-0.39, 0.29) is 35.7 Å². The Hall–Kier alpha value is -2.50. The molecule has 2 aliphatic rings. The van der Waals surface area contributed by atoms with Gasteiger partial charge in [-0.05, 0) is 47.9 Å². The topological polar surface area (TPSA) is 76.2 Å². The van der Waals surface area contributed by atoms with Crippen molar-refractivity contribution in [2.45, 2.75) is 43.6 Å². The van der Waals surface area contributed by atoms with Gasteiger partial charge in [0.2, 0.25) is 0 Å². The zero-order valence-corrected chi connectivity index (χ0v) is 21.3. The van der Waals surface area contributed by atoms with Gasteiger partial charge in [0.25, 0.3) is 5.91 Å². The number of hydrogen-bond donors (Lipinski definition) is 0. The molecule has 2 aromatic rings. The number of hydrogen-bond acceptors (Lipinski definition) is 6. The lowest BCUT2D eigenvalue weighted by atomic mass is 10.1. The van der Waals surface area contributed by atoms with Crippen LogP contribution in [0.5, 0.6) is 5.75 Å². The van der Waals surface area contributed by atoms with E-state index in [1.807, 2.05) is 6.07 Å². The van der Waals surface area contributed by atoms with Crippen LogP contribution in [0.1, 0.15) is 34.8 Å². The van der Waals surface area contributed by atoms with Gasteiger partial charge >= 0.3 is 6.18 Å². The Kier molecular flexibility index (Phi) is 7.45. The molecule has 0 aliphatic carbocycles. The zero-order valence-electron chi connectivity index (χ0n) is 19.8. The highest BCUT2D eigenvalue weighted by Crippen LogP contribution is 2.37. The lowest BCUT2D eigenvalue weighted by Gasteiger charge is -2.30. The highest BCUT2D eigenvalue weighted by molar-refractivity contribution is 7.90. The van der Waals surface area contributed by atoms with Crippen LogP contribution in [-0.2, 0) is 27.7 Å². The average Bonchev–Trinajstić information content (AvgIpc) is 3.23. The van der Waals surface area contributed by atoms with Gasteiger partial charge in [0.1, 0.15) is 5.75 Å². The quantitative estimate of drug-likeness (QED) is 0.533. The van der Waals surface area contributed by atoms with Gasteiger partial charge in [0.15, 0.2) is 15.9 Å². The summed E-state index contributed by atoms with van der Waals surface area (Å²) in [7, 11) is -3.72. The molecule has 4 rings (SSSR count). The predicted octanol–water partition coefficient (Wildman–Crippen LogP) is 4.46. The molecule has 196 valence electrons. The molecule has 2 aliphatic heterocycles. The number of benzene rings is 2. The Balaban J connectivity index is 1.65. The van der Waals surface area contributed by atoms with Crippen molar-refractivity contribution in [2.24, 2.45) is 0 Å². The summed E-state index contributed by atoms with van der Waals surface area (Å²) in [5.41, 5.74) is 2.26. The van der Waals surface area contributed by atoms with E-state index in [4.69, 9.17) is 21.1 Å². The first-order chi connectivity index (χ1) is 16.9. The highest BCUT2D eigenvalue weighted by atomic mass is 35.5. The van der Waals surface area contributed by atoms with Crippen LogP contribution in [-0.4, -0.2) is 64.1 Å². The van der Waals surface area contributed by atoms with Gasteiger partial charge in [-0.15, -0.1) is 0 Å². The average molecular weight is 547 g/mol. The smallest absolute Gasteiger partial charge is 0.425 e. The monoisotopic (exact) mass is 546 g/mol. The first-order valence-corrected chi connectivity index (χ1v) is 13.7. The fourth-order valence-electron chi connectivity index (χ4n) is 4.31. The molecule has 1 fully saturated rings. The number of alkyl halides is 3. The lowest BCUT2D eigenvalue weighted by molar-refractivity contribution is -0.195. The number of fused-ring (bicyclic) bond motifs is 1.